The molecule has 1 aliphatic rings. The van der Waals surface area contributed by atoms with Crippen LogP contribution in [-0.2, 0) is 14.4 Å². The summed E-state index contributed by atoms with van der Waals surface area (Å²) >= 11 is 0. The maximum Gasteiger partial charge on any atom is 0.353 e. The van der Waals surface area contributed by atoms with Gasteiger partial charge in [0.1, 0.15) is 5.71 Å². The quantitative estimate of drug-likeness (QED) is 0.701. The van der Waals surface area contributed by atoms with E-state index in [1.54, 1.807) is 13.1 Å². The Labute approximate surface area is 93.1 Å². The Bertz CT molecular complexity index is 430. The predicted molar refractivity (Wildman–Crippen MR) is 56.9 cm³/mol. The zero-order valence-corrected chi connectivity index (χ0v) is 9.14. The molecule has 84 valence electrons. The van der Waals surface area contributed by atoms with Gasteiger partial charge in [-0.25, -0.2) is 4.79 Å². The number of hydrogen-bond acceptors (Lipinski definition) is 5. The first-order chi connectivity index (χ1) is 7.65. The molecule has 0 aromatic carbocycles. The van der Waals surface area contributed by atoms with Crippen LogP contribution in [0.25, 0.3) is 0 Å². The fourth-order valence-electron chi connectivity index (χ4n) is 1.54. The van der Waals surface area contributed by atoms with Gasteiger partial charge in [-0.1, -0.05) is 11.2 Å². The summed E-state index contributed by atoms with van der Waals surface area (Å²) in [6.07, 6.45) is 2.04. The number of aromatic nitrogens is 1. The topological polar surface area (TPSA) is 60.8 Å². The highest BCUT2D eigenvalue weighted by atomic mass is 16.7. The van der Waals surface area contributed by atoms with Gasteiger partial charge in [0.2, 0.25) is 5.60 Å². The number of oxime groups is 1. The second-order valence-corrected chi connectivity index (χ2v) is 3.74. The van der Waals surface area contributed by atoms with Gasteiger partial charge >= 0.3 is 5.97 Å². The van der Waals surface area contributed by atoms with Gasteiger partial charge in [0.25, 0.3) is 0 Å². The molecule has 5 nitrogen and oxygen atoms in total. The van der Waals surface area contributed by atoms with Crippen LogP contribution in [0.4, 0.5) is 0 Å². The fourth-order valence-corrected chi connectivity index (χ4v) is 1.54. The van der Waals surface area contributed by atoms with E-state index < -0.39 is 11.6 Å². The molecule has 0 saturated heterocycles. The minimum absolute atomic E-state index is 0.372. The molecule has 0 spiro atoms. The van der Waals surface area contributed by atoms with Crippen molar-refractivity contribution in [3.63, 3.8) is 0 Å². The van der Waals surface area contributed by atoms with Gasteiger partial charge in [0.05, 0.1) is 12.8 Å². The molecule has 0 fully saturated rings. The van der Waals surface area contributed by atoms with Gasteiger partial charge in [0, 0.05) is 12.6 Å². The lowest BCUT2D eigenvalue weighted by molar-refractivity contribution is -0.164. The largest absolute Gasteiger partial charge is 0.466 e. The summed E-state index contributed by atoms with van der Waals surface area (Å²) in [6.45, 7) is 1.65. The molecule has 1 atom stereocenters. The standard InChI is InChI=1S/C11H12N2O3/c1-11(10(14)15-2)7-9(13-16-11)8-5-3-4-6-12-8/h3-6H,7H2,1-2H3. The first-order valence-corrected chi connectivity index (χ1v) is 4.90. The van der Waals surface area contributed by atoms with E-state index in [9.17, 15) is 4.79 Å². The zero-order chi connectivity index (χ0) is 11.6. The molecule has 1 aromatic heterocycles. The average Bonchev–Trinajstić information content (AvgIpc) is 2.73. The molecular formula is C11H12N2O3. The van der Waals surface area contributed by atoms with Crippen LogP contribution in [0.15, 0.2) is 29.6 Å². The fraction of sp³-hybridized carbons (Fsp3) is 0.364. The highest BCUT2D eigenvalue weighted by Crippen LogP contribution is 2.26. The van der Waals surface area contributed by atoms with Crippen LogP contribution in [0, 0.1) is 0 Å². The minimum Gasteiger partial charge on any atom is -0.466 e. The average molecular weight is 220 g/mol. The predicted octanol–water partition coefficient (Wildman–Crippen LogP) is 1.14. The Hall–Kier alpha value is -1.91. The van der Waals surface area contributed by atoms with Crippen LogP contribution in [0.2, 0.25) is 0 Å². The summed E-state index contributed by atoms with van der Waals surface area (Å²) < 4.78 is 4.66. The summed E-state index contributed by atoms with van der Waals surface area (Å²) in [4.78, 5) is 20.8. The van der Waals surface area contributed by atoms with Crippen LogP contribution in [-0.4, -0.2) is 29.4 Å². The molecule has 0 N–H and O–H groups in total. The van der Waals surface area contributed by atoms with Crippen molar-refractivity contribution in [2.75, 3.05) is 7.11 Å². The summed E-state index contributed by atoms with van der Waals surface area (Å²) in [5.74, 6) is -0.429. The van der Waals surface area contributed by atoms with Crippen molar-refractivity contribution in [1.29, 1.82) is 0 Å². The molecule has 0 bridgehead atoms. The van der Waals surface area contributed by atoms with Crippen molar-refractivity contribution in [1.82, 2.24) is 4.98 Å². The van der Waals surface area contributed by atoms with E-state index in [0.29, 0.717) is 12.1 Å². The van der Waals surface area contributed by atoms with E-state index in [4.69, 9.17) is 4.84 Å². The first-order valence-electron chi connectivity index (χ1n) is 4.90. The highest BCUT2D eigenvalue weighted by molar-refractivity contribution is 6.03. The van der Waals surface area contributed by atoms with Crippen LogP contribution >= 0.6 is 0 Å². The molecule has 0 saturated carbocycles. The van der Waals surface area contributed by atoms with Gasteiger partial charge in [-0.15, -0.1) is 0 Å². The molecule has 2 rings (SSSR count). The number of rotatable bonds is 2. The second-order valence-electron chi connectivity index (χ2n) is 3.74. The van der Waals surface area contributed by atoms with Gasteiger partial charge in [-0.05, 0) is 19.1 Å². The monoisotopic (exact) mass is 220 g/mol. The second kappa shape index (κ2) is 3.92. The van der Waals surface area contributed by atoms with Gasteiger partial charge in [-0.2, -0.15) is 0 Å². The minimum atomic E-state index is -1.03. The Morgan fingerprint density at radius 3 is 3.00 bits per heavy atom. The molecule has 2 heterocycles. The number of carbonyl (C=O) groups is 1. The summed E-state index contributed by atoms with van der Waals surface area (Å²) in [5.41, 5.74) is 0.352. The van der Waals surface area contributed by atoms with Crippen molar-refractivity contribution in [2.24, 2.45) is 5.16 Å². The van der Waals surface area contributed by atoms with Gasteiger partial charge in [-0.3, -0.25) is 4.98 Å². The Morgan fingerprint density at radius 2 is 2.38 bits per heavy atom. The summed E-state index contributed by atoms with van der Waals surface area (Å²) in [6, 6.07) is 5.50. The molecule has 16 heavy (non-hydrogen) atoms. The number of ether oxygens (including phenoxy) is 1. The summed E-state index contributed by atoms with van der Waals surface area (Å²) in [5, 5.41) is 3.88. The van der Waals surface area contributed by atoms with Crippen molar-refractivity contribution in [3.05, 3.63) is 30.1 Å². The maximum atomic E-state index is 11.5. The maximum absolute atomic E-state index is 11.5. The van der Waals surface area contributed by atoms with Crippen LogP contribution < -0.4 is 0 Å². The number of carbonyl (C=O) groups excluding carboxylic acids is 1. The molecule has 0 radical (unpaired) electrons. The third-order valence-corrected chi connectivity index (χ3v) is 2.44. The van der Waals surface area contributed by atoms with Crippen LogP contribution in [0.5, 0.6) is 0 Å². The van der Waals surface area contributed by atoms with E-state index >= 15 is 0 Å². The van der Waals surface area contributed by atoms with Crippen molar-refractivity contribution >= 4 is 11.7 Å². The first kappa shape index (κ1) is 10.6. The van der Waals surface area contributed by atoms with E-state index in [-0.39, 0.29) is 0 Å². The third-order valence-electron chi connectivity index (χ3n) is 2.44. The highest BCUT2D eigenvalue weighted by Gasteiger charge is 2.43. The zero-order valence-electron chi connectivity index (χ0n) is 9.14. The number of esters is 1. The number of pyridine rings is 1. The van der Waals surface area contributed by atoms with Gasteiger partial charge in [0.15, 0.2) is 0 Å². The van der Waals surface area contributed by atoms with Crippen LogP contribution in [0.1, 0.15) is 19.0 Å². The number of hydrogen-bond donors (Lipinski definition) is 0. The molecule has 0 amide bonds. The number of methoxy groups -OCH3 is 1. The Kier molecular flexibility index (Phi) is 2.60. The Balaban J connectivity index is 2.17. The molecule has 0 aliphatic carbocycles. The lowest BCUT2D eigenvalue weighted by atomic mass is 9.98. The molecule has 1 unspecified atom stereocenters. The molecule has 1 aromatic rings. The lowest BCUT2D eigenvalue weighted by Crippen LogP contribution is -2.36. The van der Waals surface area contributed by atoms with E-state index in [0.717, 1.165) is 5.69 Å². The third kappa shape index (κ3) is 1.76. The lowest BCUT2D eigenvalue weighted by Gasteiger charge is -2.17. The van der Waals surface area contributed by atoms with E-state index in [2.05, 4.69) is 14.9 Å². The SMILES string of the molecule is COC(=O)C1(C)CC(c2ccccn2)=NO1. The van der Waals surface area contributed by atoms with Crippen molar-refractivity contribution < 1.29 is 14.4 Å². The summed E-state index contributed by atoms with van der Waals surface area (Å²) in [7, 11) is 1.33. The van der Waals surface area contributed by atoms with Crippen LogP contribution in [0.3, 0.4) is 0 Å². The van der Waals surface area contributed by atoms with E-state index in [1.165, 1.54) is 7.11 Å². The Morgan fingerprint density at radius 1 is 1.56 bits per heavy atom. The smallest absolute Gasteiger partial charge is 0.353 e. The van der Waals surface area contributed by atoms with Crippen molar-refractivity contribution in [2.45, 2.75) is 18.9 Å². The van der Waals surface area contributed by atoms with Crippen molar-refractivity contribution in [3.8, 4) is 0 Å². The molecular weight excluding hydrogens is 208 g/mol. The normalized spacial score (nSPS) is 23.5. The van der Waals surface area contributed by atoms with Gasteiger partial charge < -0.3 is 9.57 Å². The number of nitrogens with zero attached hydrogens (tertiary/aromatic N) is 2. The van der Waals surface area contributed by atoms with E-state index in [1.807, 2.05) is 18.2 Å². The molecule has 5 heteroatoms. The molecule has 1 aliphatic heterocycles.